The summed E-state index contributed by atoms with van der Waals surface area (Å²) in [4.78, 5) is 11.8. The second-order valence-electron chi connectivity index (χ2n) is 5.76. The Labute approximate surface area is 157 Å². The molecule has 1 aliphatic heterocycles. The van der Waals surface area contributed by atoms with Crippen molar-refractivity contribution in [1.82, 2.24) is 5.32 Å². The fourth-order valence-corrected chi connectivity index (χ4v) is 2.68. The summed E-state index contributed by atoms with van der Waals surface area (Å²) in [5, 5.41) is 5.74. The van der Waals surface area contributed by atoms with Crippen LogP contribution in [0.2, 0.25) is 0 Å². The topological polar surface area (TPSA) is 72.7 Å². The molecule has 1 fully saturated rings. The molecule has 7 heteroatoms. The van der Waals surface area contributed by atoms with Gasteiger partial charge in [0.2, 0.25) is 5.91 Å². The van der Waals surface area contributed by atoms with Crippen molar-refractivity contribution < 1.29 is 18.7 Å². The highest BCUT2D eigenvalue weighted by molar-refractivity contribution is 7.80. The first kappa shape index (κ1) is 18.2. The number of nitrogens with one attached hydrogen (secondary N) is 2. The number of amides is 1. The molecule has 1 aromatic heterocycles. The number of hydrogen-bond acceptors (Lipinski definition) is 5. The van der Waals surface area contributed by atoms with Gasteiger partial charge >= 0.3 is 0 Å². The van der Waals surface area contributed by atoms with Gasteiger partial charge in [0, 0.05) is 18.4 Å². The molecule has 2 N–H and O–H groups in total. The lowest BCUT2D eigenvalue weighted by atomic mass is 10.2. The molecule has 26 heavy (non-hydrogen) atoms. The van der Waals surface area contributed by atoms with Crippen molar-refractivity contribution in [2.24, 2.45) is 0 Å². The van der Waals surface area contributed by atoms with E-state index in [1.807, 2.05) is 24.3 Å². The number of benzene rings is 1. The van der Waals surface area contributed by atoms with E-state index in [-0.39, 0.29) is 17.1 Å². The Balaban J connectivity index is 1.42. The molecule has 0 saturated carbocycles. The van der Waals surface area contributed by atoms with Crippen molar-refractivity contribution in [2.75, 3.05) is 18.5 Å². The van der Waals surface area contributed by atoms with Crippen molar-refractivity contribution in [3.8, 4) is 5.75 Å². The van der Waals surface area contributed by atoms with Crippen LogP contribution >= 0.6 is 12.2 Å². The zero-order valence-electron chi connectivity index (χ0n) is 14.1. The highest BCUT2D eigenvalue weighted by Gasteiger charge is 2.15. The van der Waals surface area contributed by atoms with Gasteiger partial charge < -0.3 is 19.2 Å². The minimum atomic E-state index is -0.338. The van der Waals surface area contributed by atoms with E-state index in [1.165, 1.54) is 12.3 Å². The number of hydrogen-bond donors (Lipinski definition) is 2. The highest BCUT2D eigenvalue weighted by Crippen LogP contribution is 2.18. The molecule has 0 spiro atoms. The number of anilines is 1. The van der Waals surface area contributed by atoms with Crippen molar-refractivity contribution in [3.05, 3.63) is 54.5 Å². The van der Waals surface area contributed by atoms with Crippen LogP contribution in [0.15, 0.2) is 53.2 Å². The zero-order valence-corrected chi connectivity index (χ0v) is 15.0. The fourth-order valence-electron chi connectivity index (χ4n) is 2.46. The molecule has 1 aliphatic rings. The Kier molecular flexibility index (Phi) is 6.40. The minimum Gasteiger partial charge on any atom is -0.491 e. The van der Waals surface area contributed by atoms with Crippen LogP contribution in [0.4, 0.5) is 5.69 Å². The largest absolute Gasteiger partial charge is 0.491 e. The molecule has 1 atom stereocenters. The Morgan fingerprint density at radius 1 is 1.31 bits per heavy atom. The van der Waals surface area contributed by atoms with E-state index in [0.29, 0.717) is 12.4 Å². The maximum absolute atomic E-state index is 11.8. The van der Waals surface area contributed by atoms with E-state index >= 15 is 0 Å². The van der Waals surface area contributed by atoms with Crippen LogP contribution in [0.3, 0.4) is 0 Å². The molecule has 0 unspecified atom stereocenters. The number of ether oxygens (including phenoxy) is 2. The van der Waals surface area contributed by atoms with E-state index in [0.717, 1.165) is 30.9 Å². The predicted octanol–water partition coefficient (Wildman–Crippen LogP) is 3.36. The molecule has 1 saturated heterocycles. The zero-order chi connectivity index (χ0) is 18.2. The Morgan fingerprint density at radius 3 is 2.85 bits per heavy atom. The maximum Gasteiger partial charge on any atom is 0.250 e. The SMILES string of the molecule is O=C(/C=C/c1ccco1)NC(=S)Nc1ccc(OC[C@@H]2CCCO2)cc1. The summed E-state index contributed by atoms with van der Waals surface area (Å²) in [5.41, 5.74) is 0.759. The Hall–Kier alpha value is -2.64. The van der Waals surface area contributed by atoms with Crippen LogP contribution in [-0.2, 0) is 9.53 Å². The first-order chi connectivity index (χ1) is 12.7. The normalized spacial score (nSPS) is 16.5. The summed E-state index contributed by atoms with van der Waals surface area (Å²) >= 11 is 5.13. The average molecular weight is 372 g/mol. The summed E-state index contributed by atoms with van der Waals surface area (Å²) in [6.07, 6.45) is 6.79. The van der Waals surface area contributed by atoms with Gasteiger partial charge in [-0.05, 0) is 67.5 Å². The van der Waals surface area contributed by atoms with Gasteiger partial charge in [-0.1, -0.05) is 0 Å². The third kappa shape index (κ3) is 5.72. The lowest BCUT2D eigenvalue weighted by molar-refractivity contribution is -0.115. The van der Waals surface area contributed by atoms with Crippen LogP contribution < -0.4 is 15.4 Å². The van der Waals surface area contributed by atoms with Gasteiger partial charge in [0.05, 0.1) is 12.4 Å². The standard InChI is InChI=1S/C19H20N2O4S/c22-18(10-9-15-3-1-11-23-15)21-19(26)20-14-5-7-16(8-6-14)25-13-17-4-2-12-24-17/h1,3,5-11,17H,2,4,12-13H2,(H2,20,21,22,26)/b10-9+/t17-/m0/s1. The van der Waals surface area contributed by atoms with Crippen molar-refractivity contribution in [2.45, 2.75) is 18.9 Å². The first-order valence-electron chi connectivity index (χ1n) is 8.37. The summed E-state index contributed by atoms with van der Waals surface area (Å²) in [6, 6.07) is 10.9. The van der Waals surface area contributed by atoms with Gasteiger partial charge in [-0.2, -0.15) is 0 Å². The first-order valence-corrected chi connectivity index (χ1v) is 8.78. The molecule has 0 radical (unpaired) electrons. The summed E-state index contributed by atoms with van der Waals surface area (Å²) in [6.45, 7) is 1.37. The summed E-state index contributed by atoms with van der Waals surface area (Å²) in [7, 11) is 0. The van der Waals surface area contributed by atoms with Crippen LogP contribution in [0, 0.1) is 0 Å². The average Bonchev–Trinajstić information content (AvgIpc) is 3.33. The van der Waals surface area contributed by atoms with Crippen LogP contribution in [0.1, 0.15) is 18.6 Å². The molecule has 3 rings (SSSR count). The van der Waals surface area contributed by atoms with Crippen LogP contribution in [0.25, 0.3) is 6.08 Å². The van der Waals surface area contributed by atoms with E-state index in [1.54, 1.807) is 18.2 Å². The lowest BCUT2D eigenvalue weighted by Gasteiger charge is -2.12. The van der Waals surface area contributed by atoms with Gasteiger partial charge in [-0.15, -0.1) is 0 Å². The van der Waals surface area contributed by atoms with E-state index in [4.69, 9.17) is 26.1 Å². The number of carbonyl (C=O) groups excluding carboxylic acids is 1. The lowest BCUT2D eigenvalue weighted by Crippen LogP contribution is -2.32. The van der Waals surface area contributed by atoms with Gasteiger partial charge in [0.1, 0.15) is 18.1 Å². The molecule has 0 aliphatic carbocycles. The number of carbonyl (C=O) groups is 1. The molecular weight excluding hydrogens is 352 g/mol. The second kappa shape index (κ2) is 9.17. The van der Waals surface area contributed by atoms with Crippen molar-refractivity contribution in [1.29, 1.82) is 0 Å². The number of rotatable bonds is 6. The highest BCUT2D eigenvalue weighted by atomic mass is 32.1. The van der Waals surface area contributed by atoms with Crippen LogP contribution in [-0.4, -0.2) is 30.3 Å². The quantitative estimate of drug-likeness (QED) is 0.598. The fraction of sp³-hybridized carbons (Fsp3) is 0.263. The maximum atomic E-state index is 11.8. The second-order valence-corrected chi connectivity index (χ2v) is 6.17. The van der Waals surface area contributed by atoms with E-state index in [2.05, 4.69) is 10.6 Å². The van der Waals surface area contributed by atoms with Crippen molar-refractivity contribution in [3.63, 3.8) is 0 Å². The molecule has 0 bridgehead atoms. The molecule has 2 heterocycles. The third-order valence-corrected chi connectivity index (χ3v) is 3.96. The summed E-state index contributed by atoms with van der Waals surface area (Å²) < 4.78 is 16.3. The number of furan rings is 1. The van der Waals surface area contributed by atoms with Crippen LogP contribution in [0.5, 0.6) is 5.75 Å². The van der Waals surface area contributed by atoms with Gasteiger partial charge in [-0.25, -0.2) is 0 Å². The monoisotopic (exact) mass is 372 g/mol. The van der Waals surface area contributed by atoms with Gasteiger partial charge in [-0.3, -0.25) is 10.1 Å². The van der Waals surface area contributed by atoms with Gasteiger partial charge in [0.25, 0.3) is 0 Å². The molecule has 2 aromatic rings. The Morgan fingerprint density at radius 2 is 2.15 bits per heavy atom. The molecular formula is C19H20N2O4S. The predicted molar refractivity (Wildman–Crippen MR) is 103 cm³/mol. The smallest absolute Gasteiger partial charge is 0.250 e. The van der Waals surface area contributed by atoms with Gasteiger partial charge in [0.15, 0.2) is 5.11 Å². The molecule has 136 valence electrons. The number of thiocarbonyl (C=S) groups is 1. The Bertz CT molecular complexity index is 750. The van der Waals surface area contributed by atoms with E-state index < -0.39 is 0 Å². The van der Waals surface area contributed by atoms with Crippen molar-refractivity contribution >= 4 is 35.0 Å². The molecule has 1 aromatic carbocycles. The summed E-state index contributed by atoms with van der Waals surface area (Å²) in [5.74, 6) is 1.02. The van der Waals surface area contributed by atoms with E-state index in [9.17, 15) is 4.79 Å². The minimum absolute atomic E-state index is 0.185. The molecule has 1 amide bonds. The molecule has 6 nitrogen and oxygen atoms in total. The third-order valence-electron chi connectivity index (χ3n) is 3.75.